The number of nitrogens with zero attached hydrogens (tertiary/aromatic N) is 1. The van der Waals surface area contributed by atoms with E-state index in [2.05, 4.69) is 5.32 Å². The van der Waals surface area contributed by atoms with Crippen molar-refractivity contribution in [3.63, 3.8) is 0 Å². The van der Waals surface area contributed by atoms with Crippen LogP contribution in [0.3, 0.4) is 0 Å². The molecule has 1 aromatic rings. The van der Waals surface area contributed by atoms with Crippen LogP contribution in [0.5, 0.6) is 0 Å². The zero-order valence-corrected chi connectivity index (χ0v) is 14.3. The molecular weight excluding hydrogens is 332 g/mol. The van der Waals surface area contributed by atoms with Crippen LogP contribution in [0, 0.1) is 13.8 Å². The van der Waals surface area contributed by atoms with Gasteiger partial charge in [-0.25, -0.2) is 4.79 Å². The molecule has 0 spiro atoms. The highest BCUT2D eigenvalue weighted by Gasteiger charge is 2.29. The van der Waals surface area contributed by atoms with Crippen molar-refractivity contribution in [3.8, 4) is 0 Å². The van der Waals surface area contributed by atoms with Gasteiger partial charge in [0.1, 0.15) is 0 Å². The Morgan fingerprint density at radius 2 is 1.88 bits per heavy atom. The molecule has 0 unspecified atom stereocenters. The van der Waals surface area contributed by atoms with Crippen LogP contribution in [0.25, 0.3) is 0 Å². The lowest BCUT2D eigenvalue weighted by Crippen LogP contribution is -2.38. The van der Waals surface area contributed by atoms with E-state index in [-0.39, 0.29) is 30.0 Å². The summed E-state index contributed by atoms with van der Waals surface area (Å²) in [5.41, 5.74) is 2.26. The minimum Gasteiger partial charge on any atom is -0.452 e. The fourth-order valence-corrected chi connectivity index (χ4v) is 3.01. The molecule has 0 saturated carbocycles. The molecule has 8 heteroatoms. The molecule has 1 fully saturated rings. The Hall–Kier alpha value is -2.35. The summed E-state index contributed by atoms with van der Waals surface area (Å²) in [5, 5.41) is 2.20. The highest BCUT2D eigenvalue weighted by molar-refractivity contribution is 8.14. The van der Waals surface area contributed by atoms with Crippen LogP contribution in [0.2, 0.25) is 0 Å². The lowest BCUT2D eigenvalue weighted by atomic mass is 10.1. The topological polar surface area (TPSA) is 92.8 Å². The first kappa shape index (κ1) is 18.0. The minimum atomic E-state index is -0.571. The second-order valence-electron chi connectivity index (χ2n) is 5.40. The molecule has 0 aliphatic carbocycles. The zero-order chi connectivity index (χ0) is 17.7. The van der Waals surface area contributed by atoms with Gasteiger partial charge in [-0.15, -0.1) is 0 Å². The average molecular weight is 350 g/mol. The van der Waals surface area contributed by atoms with Crippen LogP contribution in [0.1, 0.15) is 21.5 Å². The van der Waals surface area contributed by atoms with Gasteiger partial charge in [-0.1, -0.05) is 29.0 Å². The highest BCUT2D eigenvalue weighted by atomic mass is 32.2. The quantitative estimate of drug-likeness (QED) is 0.777. The Morgan fingerprint density at radius 3 is 2.46 bits per heavy atom. The highest BCUT2D eigenvalue weighted by Crippen LogP contribution is 2.17. The molecule has 24 heavy (non-hydrogen) atoms. The van der Waals surface area contributed by atoms with E-state index in [9.17, 15) is 19.2 Å². The van der Waals surface area contributed by atoms with E-state index in [0.29, 0.717) is 5.56 Å². The summed E-state index contributed by atoms with van der Waals surface area (Å²) in [7, 11) is 0. The maximum atomic E-state index is 11.9. The molecule has 0 bridgehead atoms. The fraction of sp³-hybridized carbons (Fsp3) is 0.375. The first-order valence-electron chi connectivity index (χ1n) is 7.36. The van der Waals surface area contributed by atoms with Gasteiger partial charge in [0.15, 0.2) is 6.61 Å². The van der Waals surface area contributed by atoms with Crippen molar-refractivity contribution in [2.45, 2.75) is 13.8 Å². The predicted octanol–water partition coefficient (Wildman–Crippen LogP) is 1.27. The molecule has 1 aliphatic heterocycles. The van der Waals surface area contributed by atoms with E-state index in [1.165, 1.54) is 0 Å². The van der Waals surface area contributed by atoms with Crippen LogP contribution in [-0.2, 0) is 14.3 Å². The monoisotopic (exact) mass is 350 g/mol. The molecular formula is C16H18N2O5S. The van der Waals surface area contributed by atoms with Crippen LogP contribution in [0.4, 0.5) is 4.79 Å². The van der Waals surface area contributed by atoms with Gasteiger partial charge in [0, 0.05) is 13.1 Å². The number of imide groups is 1. The molecule has 128 valence electrons. The van der Waals surface area contributed by atoms with E-state index in [1.807, 2.05) is 19.9 Å². The van der Waals surface area contributed by atoms with Crippen LogP contribution in [0.15, 0.2) is 18.2 Å². The summed E-state index contributed by atoms with van der Waals surface area (Å²) in [5.74, 6) is -1.18. The van der Waals surface area contributed by atoms with E-state index < -0.39 is 18.5 Å². The Bertz CT molecular complexity index is 653. The van der Waals surface area contributed by atoms with E-state index in [1.54, 1.807) is 12.1 Å². The van der Waals surface area contributed by atoms with E-state index >= 15 is 0 Å². The standard InChI is InChI=1S/C16H18N2O5S/c1-10-5-11(2)7-12(6-10)15(21)23-8-13(19)17-3-4-18-14(20)9-24-16(18)22/h5-7H,3-4,8-9H2,1-2H3,(H,17,19). The average Bonchev–Trinajstić information content (AvgIpc) is 2.83. The third-order valence-electron chi connectivity index (χ3n) is 3.29. The number of amides is 3. The zero-order valence-electron chi connectivity index (χ0n) is 13.5. The van der Waals surface area contributed by atoms with Gasteiger partial charge in [-0.05, 0) is 26.0 Å². The van der Waals surface area contributed by atoms with Gasteiger partial charge in [0.05, 0.1) is 11.3 Å². The van der Waals surface area contributed by atoms with E-state index in [0.717, 1.165) is 27.8 Å². The Morgan fingerprint density at radius 1 is 1.21 bits per heavy atom. The van der Waals surface area contributed by atoms with Gasteiger partial charge in [0.2, 0.25) is 5.91 Å². The number of aryl methyl sites for hydroxylation is 2. The Kier molecular flexibility index (Phi) is 5.97. The Labute approximate surface area is 143 Å². The number of carbonyl (C=O) groups is 4. The number of thioether (sulfide) groups is 1. The molecule has 1 heterocycles. The molecule has 1 saturated heterocycles. The summed E-state index contributed by atoms with van der Waals surface area (Å²) in [6, 6.07) is 5.31. The molecule has 3 amide bonds. The van der Waals surface area contributed by atoms with Crippen molar-refractivity contribution in [2.24, 2.45) is 0 Å². The maximum Gasteiger partial charge on any atom is 0.338 e. The van der Waals surface area contributed by atoms with E-state index in [4.69, 9.17) is 4.74 Å². The van der Waals surface area contributed by atoms with Crippen molar-refractivity contribution >= 4 is 34.8 Å². The van der Waals surface area contributed by atoms with Crippen LogP contribution in [-0.4, -0.2) is 53.4 Å². The predicted molar refractivity (Wildman–Crippen MR) is 88.8 cm³/mol. The van der Waals surface area contributed by atoms with Gasteiger partial charge in [-0.3, -0.25) is 19.3 Å². The molecule has 1 N–H and O–H groups in total. The maximum absolute atomic E-state index is 11.9. The number of carbonyl (C=O) groups excluding carboxylic acids is 4. The molecule has 7 nitrogen and oxygen atoms in total. The number of benzene rings is 1. The lowest BCUT2D eigenvalue weighted by Gasteiger charge is -2.13. The molecule has 1 aromatic carbocycles. The largest absolute Gasteiger partial charge is 0.452 e. The molecule has 0 aromatic heterocycles. The smallest absolute Gasteiger partial charge is 0.338 e. The SMILES string of the molecule is Cc1cc(C)cc(C(=O)OCC(=O)NCCN2C(=O)CSC2=O)c1. The van der Waals surface area contributed by atoms with Crippen LogP contribution < -0.4 is 5.32 Å². The summed E-state index contributed by atoms with van der Waals surface area (Å²) in [6.07, 6.45) is 0. The third-order valence-corrected chi connectivity index (χ3v) is 4.15. The van der Waals surface area contributed by atoms with Gasteiger partial charge < -0.3 is 10.1 Å². The number of esters is 1. The summed E-state index contributed by atoms with van der Waals surface area (Å²) >= 11 is 0.942. The Balaban J connectivity index is 1.73. The van der Waals surface area contributed by atoms with Crippen molar-refractivity contribution in [1.82, 2.24) is 10.2 Å². The van der Waals surface area contributed by atoms with Gasteiger partial charge >= 0.3 is 5.97 Å². The van der Waals surface area contributed by atoms with Crippen LogP contribution >= 0.6 is 11.8 Å². The van der Waals surface area contributed by atoms with Crippen molar-refractivity contribution in [2.75, 3.05) is 25.4 Å². The van der Waals surface area contributed by atoms with Gasteiger partial charge in [0.25, 0.3) is 11.1 Å². The summed E-state index contributed by atoms with van der Waals surface area (Å²) in [6.45, 7) is 3.56. The lowest BCUT2D eigenvalue weighted by molar-refractivity contribution is -0.126. The van der Waals surface area contributed by atoms with Crippen molar-refractivity contribution < 1.29 is 23.9 Å². The molecule has 2 rings (SSSR count). The molecule has 1 aliphatic rings. The number of hydrogen-bond acceptors (Lipinski definition) is 6. The van der Waals surface area contributed by atoms with Crippen molar-refractivity contribution in [3.05, 3.63) is 34.9 Å². The van der Waals surface area contributed by atoms with Gasteiger partial charge in [-0.2, -0.15) is 0 Å². The normalized spacial score (nSPS) is 14.0. The number of rotatable bonds is 6. The number of nitrogens with one attached hydrogen (secondary N) is 1. The molecule has 0 radical (unpaired) electrons. The molecule has 0 atom stereocenters. The summed E-state index contributed by atoms with van der Waals surface area (Å²) in [4.78, 5) is 47.4. The first-order chi connectivity index (χ1) is 11.4. The third kappa shape index (κ3) is 4.82. The van der Waals surface area contributed by atoms with Crippen molar-refractivity contribution in [1.29, 1.82) is 0 Å². The summed E-state index contributed by atoms with van der Waals surface area (Å²) < 4.78 is 4.96. The minimum absolute atomic E-state index is 0.113. The second-order valence-corrected chi connectivity index (χ2v) is 6.33. The first-order valence-corrected chi connectivity index (χ1v) is 8.34. The number of hydrogen-bond donors (Lipinski definition) is 1. The fourth-order valence-electron chi connectivity index (χ4n) is 2.26. The number of ether oxygens (including phenoxy) is 1. The second kappa shape index (κ2) is 7.96.